The van der Waals surface area contributed by atoms with Crippen LogP contribution >= 0.6 is 11.3 Å². The Kier molecular flexibility index (Phi) is 15.4. The molecule has 3 aliphatic rings. The first kappa shape index (κ1) is 46.9. The number of cyclic esters (lactones) is 1. The van der Waals surface area contributed by atoms with Crippen molar-refractivity contribution in [3.8, 4) is 22.3 Å². The maximum atomic E-state index is 14.6. The van der Waals surface area contributed by atoms with E-state index >= 15 is 0 Å². The van der Waals surface area contributed by atoms with Crippen LogP contribution in [0.5, 0.6) is 0 Å². The van der Waals surface area contributed by atoms with Crippen molar-refractivity contribution in [1.29, 1.82) is 0 Å². The number of carbonyl (C=O) groups excluding carboxylic acids is 5. The van der Waals surface area contributed by atoms with Gasteiger partial charge in [-0.2, -0.15) is 0 Å². The first-order chi connectivity index (χ1) is 28.3. The number of rotatable bonds is 9. The largest absolute Gasteiger partial charge is 0.462 e. The number of hydrogen-bond acceptors (Lipinski definition) is 13. The highest BCUT2D eigenvalue weighted by molar-refractivity contribution is 7.16. The SMILES string of the molecule is CCOC(=O)c1cncc(-c2ccc(C#CCO[C@@]3(C)C[C@@H](C)C(=O)[C@H](C)C4NC(=O)O[C@]4(C)[C@@H](CC)OC(=O)[C@H](C)C(=O)[C@H](C)[C@H]3CC3C[C@@H](N(C)C)C[C@@H](C)O3)s2)c1. The van der Waals surface area contributed by atoms with Crippen molar-refractivity contribution in [2.75, 3.05) is 27.3 Å². The van der Waals surface area contributed by atoms with Gasteiger partial charge in [0, 0.05) is 46.6 Å². The van der Waals surface area contributed by atoms with E-state index in [1.165, 1.54) is 17.5 Å². The van der Waals surface area contributed by atoms with Crippen molar-refractivity contribution >= 4 is 40.9 Å². The van der Waals surface area contributed by atoms with Gasteiger partial charge in [0.05, 0.1) is 40.9 Å². The van der Waals surface area contributed by atoms with Crippen LogP contribution in [0, 0.1) is 41.4 Å². The van der Waals surface area contributed by atoms with Gasteiger partial charge in [0.15, 0.2) is 5.60 Å². The number of esters is 2. The van der Waals surface area contributed by atoms with E-state index in [0.29, 0.717) is 18.4 Å². The van der Waals surface area contributed by atoms with Crippen LogP contribution < -0.4 is 5.32 Å². The fourth-order valence-electron chi connectivity index (χ4n) is 9.49. The number of ketones is 2. The molecule has 3 saturated heterocycles. The molecule has 2 aromatic heterocycles. The van der Waals surface area contributed by atoms with Crippen LogP contribution in [-0.4, -0.2) is 108 Å². The van der Waals surface area contributed by atoms with E-state index in [0.717, 1.165) is 28.2 Å². The van der Waals surface area contributed by atoms with Crippen LogP contribution in [0.1, 0.15) is 110 Å². The average Bonchev–Trinajstić information content (AvgIpc) is 3.82. The van der Waals surface area contributed by atoms with Crippen molar-refractivity contribution in [3.05, 3.63) is 41.0 Å². The lowest BCUT2D eigenvalue weighted by Crippen LogP contribution is -2.57. The van der Waals surface area contributed by atoms with Crippen molar-refractivity contribution in [2.45, 2.75) is 136 Å². The van der Waals surface area contributed by atoms with Gasteiger partial charge < -0.3 is 33.9 Å². The number of fused-ring (bicyclic) bond motifs is 1. The Balaban J connectivity index is 1.51. The van der Waals surface area contributed by atoms with Gasteiger partial charge in [-0.15, -0.1) is 11.3 Å². The van der Waals surface area contributed by atoms with Crippen molar-refractivity contribution in [3.63, 3.8) is 0 Å². The fourth-order valence-corrected chi connectivity index (χ4v) is 10.4. The summed E-state index contributed by atoms with van der Waals surface area (Å²) >= 11 is 1.45. The normalized spacial score (nSPS) is 34.1. The summed E-state index contributed by atoms with van der Waals surface area (Å²) in [6.07, 6.45) is 3.91. The molecule has 1 N–H and O–H groups in total. The zero-order valence-corrected chi connectivity index (χ0v) is 37.8. The standard InChI is InChI=1S/C46H63N3O10S/c1-12-38-46(9)41(48-44(54)59-46)29(6)39(50)26(3)23-45(8,56-18-14-15-35-16-17-37(60-35)31-20-32(25-47-24-31)43(53)55-13-2)36(28(5)40(51)30(7)42(52)58-38)22-34-21-33(49(10)11)19-27(4)57-34/h16-17,20,24-30,33-34,36,38,41H,12-13,18-19,21-23H2,1-11H3,(H,48,54)/t26-,27-,28-,29+,30-,33+,34?,36-,38-,41?,45+,46-/m1/s1. The number of alkyl carbamates (subject to hydrolysis) is 1. The van der Waals surface area contributed by atoms with E-state index in [2.05, 4.69) is 48.1 Å². The fraction of sp³-hybridized carbons (Fsp3) is 0.652. The summed E-state index contributed by atoms with van der Waals surface area (Å²) in [5.41, 5.74) is -1.33. The lowest BCUT2D eigenvalue weighted by molar-refractivity contribution is -0.173. The molecule has 2 unspecified atom stereocenters. The summed E-state index contributed by atoms with van der Waals surface area (Å²) in [5.74, 6) is 1.17. The van der Waals surface area contributed by atoms with Crippen LogP contribution in [0.3, 0.4) is 0 Å². The van der Waals surface area contributed by atoms with Gasteiger partial charge in [0.1, 0.15) is 30.2 Å². The second kappa shape index (κ2) is 19.7. The molecule has 5 rings (SSSR count). The average molecular weight is 850 g/mol. The quantitative estimate of drug-likeness (QED) is 0.121. The number of hydrogen-bond donors (Lipinski definition) is 1. The highest BCUT2D eigenvalue weighted by Crippen LogP contribution is 2.43. The van der Waals surface area contributed by atoms with E-state index in [4.69, 9.17) is 23.7 Å². The Morgan fingerprint density at radius 3 is 2.43 bits per heavy atom. The summed E-state index contributed by atoms with van der Waals surface area (Å²) in [6.45, 7) is 16.5. The maximum absolute atomic E-state index is 14.6. The minimum absolute atomic E-state index is 0.0138. The van der Waals surface area contributed by atoms with E-state index in [1.807, 2.05) is 39.8 Å². The van der Waals surface area contributed by atoms with Crippen LogP contribution in [0.15, 0.2) is 30.6 Å². The number of pyridine rings is 1. The molecule has 13 nitrogen and oxygen atoms in total. The summed E-state index contributed by atoms with van der Waals surface area (Å²) in [4.78, 5) is 76.1. The first-order valence-corrected chi connectivity index (χ1v) is 22.1. The second-order valence-corrected chi connectivity index (χ2v) is 18.6. The molecule has 0 aromatic carbocycles. The monoisotopic (exact) mass is 849 g/mol. The van der Waals surface area contributed by atoms with E-state index in [9.17, 15) is 24.0 Å². The lowest BCUT2D eigenvalue weighted by atomic mass is 9.68. The second-order valence-electron chi connectivity index (χ2n) is 17.5. The van der Waals surface area contributed by atoms with Crippen molar-refractivity contribution in [1.82, 2.24) is 15.2 Å². The number of carbonyl (C=O) groups is 5. The third kappa shape index (κ3) is 10.5. The predicted molar refractivity (Wildman–Crippen MR) is 227 cm³/mol. The molecule has 2 aromatic rings. The summed E-state index contributed by atoms with van der Waals surface area (Å²) < 4.78 is 30.4. The molecular weight excluding hydrogens is 787 g/mol. The van der Waals surface area contributed by atoms with E-state index < -0.39 is 71.0 Å². The molecule has 1 amide bonds. The Morgan fingerprint density at radius 2 is 1.75 bits per heavy atom. The van der Waals surface area contributed by atoms with Crippen LogP contribution in [-0.2, 0) is 38.1 Å². The molecule has 12 atom stereocenters. The Bertz CT molecular complexity index is 1960. The lowest BCUT2D eigenvalue weighted by Gasteiger charge is -2.46. The molecule has 0 spiro atoms. The summed E-state index contributed by atoms with van der Waals surface area (Å²) in [5, 5.41) is 2.83. The summed E-state index contributed by atoms with van der Waals surface area (Å²) in [6, 6.07) is 5.02. The molecule has 0 radical (unpaired) electrons. The van der Waals surface area contributed by atoms with Gasteiger partial charge in [-0.1, -0.05) is 39.5 Å². The molecule has 0 saturated carbocycles. The molecule has 3 fully saturated rings. The molecule has 14 heteroatoms. The number of Topliss-reactive ketones (excluding diaryl/α,β-unsaturated/α-hetero) is 2. The van der Waals surface area contributed by atoms with Gasteiger partial charge in [0.2, 0.25) is 0 Å². The molecule has 328 valence electrons. The van der Waals surface area contributed by atoms with Gasteiger partial charge in [-0.3, -0.25) is 19.4 Å². The predicted octanol–water partition coefficient (Wildman–Crippen LogP) is 6.89. The molecule has 3 aliphatic heterocycles. The number of nitrogens with zero attached hydrogens (tertiary/aromatic N) is 2. The Morgan fingerprint density at radius 1 is 1.02 bits per heavy atom. The Labute approximate surface area is 359 Å². The minimum Gasteiger partial charge on any atom is -0.462 e. The van der Waals surface area contributed by atoms with Crippen LogP contribution in [0.25, 0.3) is 10.4 Å². The zero-order chi connectivity index (χ0) is 44.1. The number of aromatic nitrogens is 1. The van der Waals surface area contributed by atoms with E-state index in [-0.39, 0.29) is 49.5 Å². The number of thiophene rings is 1. The zero-order valence-electron chi connectivity index (χ0n) is 37.0. The molecule has 5 heterocycles. The third-order valence-electron chi connectivity index (χ3n) is 12.9. The van der Waals surface area contributed by atoms with Gasteiger partial charge in [-0.05, 0) is 105 Å². The number of nitrogens with one attached hydrogen (secondary N) is 1. The topological polar surface area (TPSA) is 160 Å². The highest BCUT2D eigenvalue weighted by atomic mass is 32.1. The molecular formula is C46H63N3O10S. The third-order valence-corrected chi connectivity index (χ3v) is 13.9. The van der Waals surface area contributed by atoms with Gasteiger partial charge in [-0.25, -0.2) is 9.59 Å². The molecule has 60 heavy (non-hydrogen) atoms. The minimum atomic E-state index is -1.35. The first-order valence-electron chi connectivity index (χ1n) is 21.3. The van der Waals surface area contributed by atoms with Crippen LogP contribution in [0.4, 0.5) is 4.79 Å². The smallest absolute Gasteiger partial charge is 0.408 e. The number of amides is 1. The van der Waals surface area contributed by atoms with Crippen molar-refractivity contribution in [2.24, 2.45) is 29.6 Å². The number of ether oxygens (including phenoxy) is 5. The maximum Gasteiger partial charge on any atom is 0.408 e. The Hall–Kier alpha value is -4.16. The summed E-state index contributed by atoms with van der Waals surface area (Å²) in [7, 11) is 4.11. The highest BCUT2D eigenvalue weighted by Gasteiger charge is 2.57. The van der Waals surface area contributed by atoms with Crippen LogP contribution in [0.2, 0.25) is 0 Å². The van der Waals surface area contributed by atoms with Gasteiger partial charge in [0.25, 0.3) is 0 Å². The molecule has 0 aliphatic carbocycles. The molecule has 0 bridgehead atoms. The van der Waals surface area contributed by atoms with Crippen molar-refractivity contribution < 1.29 is 47.7 Å². The van der Waals surface area contributed by atoms with Gasteiger partial charge >= 0.3 is 18.0 Å². The van der Waals surface area contributed by atoms with E-state index in [1.54, 1.807) is 40.0 Å².